The predicted octanol–water partition coefficient (Wildman–Crippen LogP) is 3.02. The minimum absolute atomic E-state index is 0.0926. The van der Waals surface area contributed by atoms with Crippen molar-refractivity contribution in [1.82, 2.24) is 9.78 Å². The number of methoxy groups -OCH3 is 1. The van der Waals surface area contributed by atoms with Crippen molar-refractivity contribution in [3.63, 3.8) is 0 Å². The highest BCUT2D eigenvalue weighted by molar-refractivity contribution is 5.89. The number of hydrogen-bond donors (Lipinski definition) is 0. The molecule has 0 saturated carbocycles. The van der Waals surface area contributed by atoms with E-state index in [-0.39, 0.29) is 23.4 Å². The third kappa shape index (κ3) is 3.83. The molecule has 0 fully saturated rings. The molecule has 0 aliphatic rings. The van der Waals surface area contributed by atoms with Crippen LogP contribution in [0.1, 0.15) is 15.9 Å². The summed E-state index contributed by atoms with van der Waals surface area (Å²) in [6.07, 6.45) is 0. The van der Waals surface area contributed by atoms with Crippen molar-refractivity contribution < 1.29 is 18.3 Å². The van der Waals surface area contributed by atoms with Gasteiger partial charge in [0.25, 0.3) is 5.56 Å². The third-order valence-corrected chi connectivity index (χ3v) is 3.71. The molecule has 0 saturated heterocycles. The molecule has 0 amide bonds. The molecule has 0 spiro atoms. The van der Waals surface area contributed by atoms with Crippen LogP contribution in [0.15, 0.2) is 59.4 Å². The highest BCUT2D eigenvalue weighted by Crippen LogP contribution is 2.18. The Bertz CT molecular complexity index is 1010. The Morgan fingerprint density at radius 2 is 1.81 bits per heavy atom. The number of nitrogens with zero attached hydrogens (tertiary/aromatic N) is 2. The second-order valence-electron chi connectivity index (χ2n) is 5.56. The van der Waals surface area contributed by atoms with E-state index in [4.69, 9.17) is 0 Å². The molecule has 0 unspecified atom stereocenters. The second kappa shape index (κ2) is 7.26. The Balaban J connectivity index is 1.96. The van der Waals surface area contributed by atoms with E-state index in [1.807, 2.05) is 0 Å². The van der Waals surface area contributed by atoms with Gasteiger partial charge in [-0.3, -0.25) is 4.79 Å². The molecular formula is C19H14F2N2O3. The summed E-state index contributed by atoms with van der Waals surface area (Å²) in [7, 11) is 1.28. The van der Waals surface area contributed by atoms with Crippen LogP contribution >= 0.6 is 0 Å². The number of ether oxygens (including phenoxy) is 1. The van der Waals surface area contributed by atoms with Gasteiger partial charge in [0, 0.05) is 17.7 Å². The number of aromatic nitrogens is 2. The van der Waals surface area contributed by atoms with Gasteiger partial charge in [0.1, 0.15) is 11.6 Å². The maximum absolute atomic E-state index is 13.4. The number of esters is 1. The van der Waals surface area contributed by atoms with Crippen LogP contribution < -0.4 is 5.56 Å². The zero-order valence-corrected chi connectivity index (χ0v) is 13.8. The van der Waals surface area contributed by atoms with Crippen molar-refractivity contribution >= 4 is 5.97 Å². The van der Waals surface area contributed by atoms with Crippen LogP contribution in [0.5, 0.6) is 0 Å². The van der Waals surface area contributed by atoms with Gasteiger partial charge in [0.15, 0.2) is 0 Å². The second-order valence-corrected chi connectivity index (χ2v) is 5.56. The summed E-state index contributed by atoms with van der Waals surface area (Å²) in [5.41, 5.74) is 1.10. The van der Waals surface area contributed by atoms with E-state index in [9.17, 15) is 18.4 Å². The first-order valence-electron chi connectivity index (χ1n) is 7.68. The molecule has 7 heteroatoms. The van der Waals surface area contributed by atoms with Gasteiger partial charge in [-0.05, 0) is 35.9 Å². The molecule has 0 aliphatic heterocycles. The topological polar surface area (TPSA) is 61.2 Å². The van der Waals surface area contributed by atoms with Crippen molar-refractivity contribution in [3.05, 3.63) is 87.7 Å². The molecule has 5 nitrogen and oxygen atoms in total. The Hall–Kier alpha value is -3.35. The normalized spacial score (nSPS) is 10.6. The summed E-state index contributed by atoms with van der Waals surface area (Å²) in [5.74, 6) is -1.95. The first-order chi connectivity index (χ1) is 12.5. The minimum Gasteiger partial charge on any atom is -0.465 e. The van der Waals surface area contributed by atoms with Gasteiger partial charge >= 0.3 is 5.97 Å². The van der Waals surface area contributed by atoms with Crippen LogP contribution in [0.2, 0.25) is 0 Å². The van der Waals surface area contributed by atoms with E-state index >= 15 is 0 Å². The molecule has 0 aliphatic carbocycles. The Labute approximate surface area is 147 Å². The quantitative estimate of drug-likeness (QED) is 0.674. The van der Waals surface area contributed by atoms with E-state index < -0.39 is 17.6 Å². The van der Waals surface area contributed by atoms with Crippen LogP contribution in [0.4, 0.5) is 8.78 Å². The maximum atomic E-state index is 13.4. The standard InChI is InChI=1S/C19H14F2N2O3/c1-26-19(25)13-4-2-3-12(7-13)11-23-18(24)6-5-17(22-23)14-8-15(20)10-16(21)9-14/h2-10H,11H2,1H3. The summed E-state index contributed by atoms with van der Waals surface area (Å²) in [6.45, 7) is 0.0926. The van der Waals surface area contributed by atoms with Crippen molar-refractivity contribution in [3.8, 4) is 11.3 Å². The summed E-state index contributed by atoms with van der Waals surface area (Å²) in [4.78, 5) is 23.7. The van der Waals surface area contributed by atoms with E-state index in [1.165, 1.54) is 19.2 Å². The number of carbonyl (C=O) groups is 1. The Morgan fingerprint density at radius 3 is 2.50 bits per heavy atom. The third-order valence-electron chi connectivity index (χ3n) is 3.71. The van der Waals surface area contributed by atoms with Gasteiger partial charge in [-0.15, -0.1) is 0 Å². The van der Waals surface area contributed by atoms with Gasteiger partial charge < -0.3 is 4.74 Å². The van der Waals surface area contributed by atoms with Crippen molar-refractivity contribution in [2.24, 2.45) is 0 Å². The number of halogens is 2. The fraction of sp³-hybridized carbons (Fsp3) is 0.105. The fourth-order valence-electron chi connectivity index (χ4n) is 2.51. The molecular weight excluding hydrogens is 342 g/mol. The SMILES string of the molecule is COC(=O)c1cccc(Cn2nc(-c3cc(F)cc(F)c3)ccc2=O)c1. The molecule has 0 radical (unpaired) electrons. The van der Waals surface area contributed by atoms with Crippen LogP contribution in [0.25, 0.3) is 11.3 Å². The van der Waals surface area contributed by atoms with E-state index in [2.05, 4.69) is 9.84 Å². The van der Waals surface area contributed by atoms with Crippen LogP contribution in [0.3, 0.4) is 0 Å². The van der Waals surface area contributed by atoms with Crippen molar-refractivity contribution in [1.29, 1.82) is 0 Å². The molecule has 132 valence electrons. The largest absolute Gasteiger partial charge is 0.465 e. The lowest BCUT2D eigenvalue weighted by atomic mass is 10.1. The zero-order valence-electron chi connectivity index (χ0n) is 13.8. The molecule has 2 aromatic carbocycles. The number of rotatable bonds is 4. The monoisotopic (exact) mass is 356 g/mol. The van der Waals surface area contributed by atoms with E-state index in [1.54, 1.807) is 24.3 Å². The van der Waals surface area contributed by atoms with E-state index in [0.717, 1.165) is 22.9 Å². The maximum Gasteiger partial charge on any atom is 0.337 e. The lowest BCUT2D eigenvalue weighted by molar-refractivity contribution is 0.0600. The summed E-state index contributed by atoms with van der Waals surface area (Å²) in [5, 5.41) is 4.17. The average Bonchev–Trinajstić information content (AvgIpc) is 2.62. The highest BCUT2D eigenvalue weighted by atomic mass is 19.1. The summed E-state index contributed by atoms with van der Waals surface area (Å²) >= 11 is 0. The smallest absolute Gasteiger partial charge is 0.337 e. The molecule has 0 atom stereocenters. The van der Waals surface area contributed by atoms with Gasteiger partial charge in [0.2, 0.25) is 0 Å². The van der Waals surface area contributed by atoms with Gasteiger partial charge in [-0.1, -0.05) is 12.1 Å². The lowest BCUT2D eigenvalue weighted by Crippen LogP contribution is -2.23. The van der Waals surface area contributed by atoms with Crippen LogP contribution in [-0.2, 0) is 11.3 Å². The summed E-state index contributed by atoms with van der Waals surface area (Å²) < 4.78 is 32.7. The molecule has 3 rings (SSSR count). The Morgan fingerprint density at radius 1 is 1.08 bits per heavy atom. The van der Waals surface area contributed by atoms with Gasteiger partial charge in [-0.2, -0.15) is 5.10 Å². The molecule has 26 heavy (non-hydrogen) atoms. The molecule has 1 heterocycles. The van der Waals surface area contributed by atoms with E-state index in [0.29, 0.717) is 11.1 Å². The first-order valence-corrected chi connectivity index (χ1v) is 7.68. The minimum atomic E-state index is -0.731. The number of hydrogen-bond acceptors (Lipinski definition) is 4. The van der Waals surface area contributed by atoms with Crippen LogP contribution in [0, 0.1) is 11.6 Å². The van der Waals surface area contributed by atoms with Crippen LogP contribution in [-0.4, -0.2) is 22.9 Å². The van der Waals surface area contributed by atoms with Crippen molar-refractivity contribution in [2.75, 3.05) is 7.11 Å². The lowest BCUT2D eigenvalue weighted by Gasteiger charge is -2.09. The zero-order chi connectivity index (χ0) is 18.7. The van der Waals surface area contributed by atoms with Gasteiger partial charge in [-0.25, -0.2) is 18.3 Å². The van der Waals surface area contributed by atoms with Crippen molar-refractivity contribution in [2.45, 2.75) is 6.54 Å². The molecule has 0 bridgehead atoms. The highest BCUT2D eigenvalue weighted by Gasteiger charge is 2.09. The average molecular weight is 356 g/mol. The van der Waals surface area contributed by atoms with Gasteiger partial charge in [0.05, 0.1) is 24.9 Å². The number of carbonyl (C=O) groups excluding carboxylic acids is 1. The summed E-state index contributed by atoms with van der Waals surface area (Å²) in [6, 6.07) is 12.3. The molecule has 0 N–H and O–H groups in total. The Kier molecular flexibility index (Phi) is 4.88. The number of benzene rings is 2. The first kappa shape index (κ1) is 17.5. The molecule has 1 aromatic heterocycles. The molecule has 3 aromatic rings. The predicted molar refractivity (Wildman–Crippen MR) is 90.7 cm³/mol. The fourth-order valence-corrected chi connectivity index (χ4v) is 2.51.